The lowest BCUT2D eigenvalue weighted by atomic mass is 10.1. The minimum absolute atomic E-state index is 0.202. The lowest BCUT2D eigenvalue weighted by Crippen LogP contribution is -2.30. The molecule has 0 radical (unpaired) electrons. The van der Waals surface area contributed by atoms with E-state index in [0.29, 0.717) is 19.7 Å². The Labute approximate surface area is 148 Å². The van der Waals surface area contributed by atoms with Gasteiger partial charge in [0.1, 0.15) is 0 Å². The van der Waals surface area contributed by atoms with E-state index in [1.807, 2.05) is 37.3 Å². The molecule has 0 amide bonds. The third-order valence-corrected chi connectivity index (χ3v) is 4.02. The summed E-state index contributed by atoms with van der Waals surface area (Å²) in [6, 6.07) is 20.3. The first-order chi connectivity index (χ1) is 12.3. The molecule has 2 aromatic carbocycles. The molecule has 0 aliphatic heterocycles. The number of rotatable bonds is 7. The van der Waals surface area contributed by atoms with Crippen molar-refractivity contribution in [2.24, 2.45) is 0 Å². The number of esters is 1. The maximum Gasteiger partial charge on any atom is 0.320 e. The number of para-hydroxylation sites is 1. The molecule has 0 aliphatic carbocycles. The minimum atomic E-state index is -0.202. The number of pyridine rings is 1. The molecule has 4 heteroatoms. The van der Waals surface area contributed by atoms with E-state index in [0.717, 1.165) is 16.5 Å². The number of benzene rings is 2. The van der Waals surface area contributed by atoms with E-state index in [9.17, 15) is 4.79 Å². The van der Waals surface area contributed by atoms with Crippen LogP contribution in [0.15, 0.2) is 66.9 Å². The van der Waals surface area contributed by atoms with Crippen molar-refractivity contribution in [1.29, 1.82) is 0 Å². The molecule has 128 valence electrons. The van der Waals surface area contributed by atoms with Gasteiger partial charge < -0.3 is 4.74 Å². The summed E-state index contributed by atoms with van der Waals surface area (Å²) in [5, 5.41) is 1.11. The number of nitrogens with zero attached hydrogens (tertiary/aromatic N) is 2. The zero-order chi connectivity index (χ0) is 17.5. The summed E-state index contributed by atoms with van der Waals surface area (Å²) >= 11 is 0. The van der Waals surface area contributed by atoms with Crippen LogP contribution in [0.4, 0.5) is 0 Å². The predicted molar refractivity (Wildman–Crippen MR) is 98.9 cm³/mol. The molecular formula is C21H22N2O2. The molecule has 0 aliphatic rings. The first-order valence-electron chi connectivity index (χ1n) is 8.51. The average molecular weight is 334 g/mol. The van der Waals surface area contributed by atoms with Gasteiger partial charge in [0.05, 0.1) is 18.7 Å². The SMILES string of the molecule is CCOC(=O)CN(Cc1ccccc1)Cc1cccc2cccnc12. The number of aromatic nitrogens is 1. The Morgan fingerprint density at radius 1 is 1.00 bits per heavy atom. The number of hydrogen-bond donors (Lipinski definition) is 0. The van der Waals surface area contributed by atoms with Crippen LogP contribution in [0.25, 0.3) is 10.9 Å². The highest BCUT2D eigenvalue weighted by molar-refractivity contribution is 5.81. The molecule has 0 atom stereocenters. The second-order valence-electron chi connectivity index (χ2n) is 5.93. The van der Waals surface area contributed by atoms with Crippen molar-refractivity contribution < 1.29 is 9.53 Å². The van der Waals surface area contributed by atoms with Gasteiger partial charge in [0.25, 0.3) is 0 Å². The van der Waals surface area contributed by atoms with Gasteiger partial charge in [0.15, 0.2) is 0 Å². The van der Waals surface area contributed by atoms with Crippen LogP contribution in [0.1, 0.15) is 18.1 Å². The van der Waals surface area contributed by atoms with Crippen LogP contribution in [0.2, 0.25) is 0 Å². The molecule has 4 nitrogen and oxygen atoms in total. The lowest BCUT2D eigenvalue weighted by molar-refractivity contribution is -0.144. The van der Waals surface area contributed by atoms with Crippen LogP contribution in [0, 0.1) is 0 Å². The molecule has 0 saturated heterocycles. The fourth-order valence-electron chi connectivity index (χ4n) is 2.93. The molecule has 0 N–H and O–H groups in total. The molecule has 0 fully saturated rings. The number of carbonyl (C=O) groups is 1. The largest absolute Gasteiger partial charge is 0.465 e. The van der Waals surface area contributed by atoms with E-state index < -0.39 is 0 Å². The van der Waals surface area contributed by atoms with E-state index in [2.05, 4.69) is 40.2 Å². The summed E-state index contributed by atoms with van der Waals surface area (Å²) in [7, 11) is 0. The van der Waals surface area contributed by atoms with Gasteiger partial charge in [-0.05, 0) is 24.1 Å². The van der Waals surface area contributed by atoms with Gasteiger partial charge in [-0.15, -0.1) is 0 Å². The highest BCUT2D eigenvalue weighted by Gasteiger charge is 2.14. The lowest BCUT2D eigenvalue weighted by Gasteiger charge is -2.22. The van der Waals surface area contributed by atoms with Gasteiger partial charge >= 0.3 is 5.97 Å². The number of fused-ring (bicyclic) bond motifs is 1. The zero-order valence-electron chi connectivity index (χ0n) is 14.4. The Hall–Kier alpha value is -2.72. The van der Waals surface area contributed by atoms with E-state index in [4.69, 9.17) is 4.74 Å². The Kier molecular flexibility index (Phi) is 5.75. The van der Waals surface area contributed by atoms with Crippen LogP contribution in [-0.2, 0) is 22.6 Å². The molecule has 0 bridgehead atoms. The first-order valence-corrected chi connectivity index (χ1v) is 8.51. The average Bonchev–Trinajstić information content (AvgIpc) is 2.63. The first kappa shape index (κ1) is 17.1. The summed E-state index contributed by atoms with van der Waals surface area (Å²) in [6.07, 6.45) is 1.80. The Bertz CT molecular complexity index is 828. The highest BCUT2D eigenvalue weighted by atomic mass is 16.5. The smallest absolute Gasteiger partial charge is 0.320 e. The molecule has 3 aromatic rings. The summed E-state index contributed by atoms with van der Waals surface area (Å²) < 4.78 is 5.14. The molecular weight excluding hydrogens is 312 g/mol. The van der Waals surface area contributed by atoms with Crippen LogP contribution >= 0.6 is 0 Å². The second kappa shape index (κ2) is 8.40. The van der Waals surface area contributed by atoms with E-state index >= 15 is 0 Å². The topological polar surface area (TPSA) is 42.4 Å². The molecule has 1 aromatic heterocycles. The van der Waals surface area contributed by atoms with Crippen molar-refractivity contribution in [2.45, 2.75) is 20.0 Å². The standard InChI is InChI=1S/C21H22N2O2/c1-2-25-20(24)16-23(14-17-8-4-3-5-9-17)15-19-11-6-10-18-12-7-13-22-21(18)19/h3-13H,2,14-16H2,1H3. The van der Waals surface area contributed by atoms with Crippen LogP contribution in [0.3, 0.4) is 0 Å². The molecule has 25 heavy (non-hydrogen) atoms. The summed E-state index contributed by atoms with van der Waals surface area (Å²) in [5.74, 6) is -0.202. The van der Waals surface area contributed by atoms with Gasteiger partial charge in [-0.3, -0.25) is 14.7 Å². The number of carbonyl (C=O) groups excluding carboxylic acids is 1. The Balaban J connectivity index is 1.84. The highest BCUT2D eigenvalue weighted by Crippen LogP contribution is 2.19. The molecule has 3 rings (SSSR count). The van der Waals surface area contributed by atoms with E-state index in [1.54, 1.807) is 6.20 Å². The van der Waals surface area contributed by atoms with E-state index in [1.165, 1.54) is 5.56 Å². The normalized spacial score (nSPS) is 11.0. The molecule has 0 unspecified atom stereocenters. The quantitative estimate of drug-likeness (QED) is 0.616. The minimum Gasteiger partial charge on any atom is -0.465 e. The molecule has 0 saturated carbocycles. The maximum absolute atomic E-state index is 12.0. The number of hydrogen-bond acceptors (Lipinski definition) is 4. The van der Waals surface area contributed by atoms with Crippen molar-refractivity contribution in [3.8, 4) is 0 Å². The van der Waals surface area contributed by atoms with Gasteiger partial charge in [-0.25, -0.2) is 0 Å². The predicted octanol–water partition coefficient (Wildman–Crippen LogP) is 3.80. The van der Waals surface area contributed by atoms with Gasteiger partial charge in [0.2, 0.25) is 0 Å². The third-order valence-electron chi connectivity index (χ3n) is 4.02. The van der Waals surface area contributed by atoms with Crippen LogP contribution in [-0.4, -0.2) is 29.0 Å². The third kappa shape index (κ3) is 4.64. The van der Waals surface area contributed by atoms with Crippen molar-refractivity contribution in [3.63, 3.8) is 0 Å². The van der Waals surface area contributed by atoms with Crippen LogP contribution in [0.5, 0.6) is 0 Å². The van der Waals surface area contributed by atoms with Gasteiger partial charge in [-0.2, -0.15) is 0 Å². The van der Waals surface area contributed by atoms with Crippen molar-refractivity contribution in [1.82, 2.24) is 9.88 Å². The summed E-state index contributed by atoms with van der Waals surface area (Å²) in [6.45, 7) is 3.80. The van der Waals surface area contributed by atoms with Crippen molar-refractivity contribution in [2.75, 3.05) is 13.2 Å². The maximum atomic E-state index is 12.0. The van der Waals surface area contributed by atoms with Crippen molar-refractivity contribution >= 4 is 16.9 Å². The fourth-order valence-corrected chi connectivity index (χ4v) is 2.93. The fraction of sp³-hybridized carbons (Fsp3) is 0.238. The van der Waals surface area contributed by atoms with Crippen molar-refractivity contribution in [3.05, 3.63) is 78.0 Å². The Morgan fingerprint density at radius 2 is 1.80 bits per heavy atom. The summed E-state index contributed by atoms with van der Waals surface area (Å²) in [5.41, 5.74) is 3.25. The molecule has 0 spiro atoms. The summed E-state index contributed by atoms with van der Waals surface area (Å²) in [4.78, 5) is 18.6. The Morgan fingerprint density at radius 3 is 2.60 bits per heavy atom. The van der Waals surface area contributed by atoms with Gasteiger partial charge in [-0.1, -0.05) is 54.6 Å². The van der Waals surface area contributed by atoms with E-state index in [-0.39, 0.29) is 12.5 Å². The number of ether oxygens (including phenoxy) is 1. The second-order valence-corrected chi connectivity index (χ2v) is 5.93. The monoisotopic (exact) mass is 334 g/mol. The molecule has 1 heterocycles. The zero-order valence-corrected chi connectivity index (χ0v) is 14.4. The van der Waals surface area contributed by atoms with Gasteiger partial charge in [0, 0.05) is 24.7 Å². The van der Waals surface area contributed by atoms with Crippen LogP contribution < -0.4 is 0 Å².